The normalized spacial score (nSPS) is 16.0. The van der Waals surface area contributed by atoms with Gasteiger partial charge in [0.2, 0.25) is 5.91 Å². The lowest BCUT2D eigenvalue weighted by Crippen LogP contribution is -2.46. The van der Waals surface area contributed by atoms with E-state index >= 15 is 0 Å². The Balaban J connectivity index is 1.71. The van der Waals surface area contributed by atoms with E-state index in [1.54, 1.807) is 24.3 Å². The van der Waals surface area contributed by atoms with Crippen LogP contribution in [0.25, 0.3) is 0 Å². The Hall–Kier alpha value is -2.55. The molecule has 5 nitrogen and oxygen atoms in total. The van der Waals surface area contributed by atoms with Crippen LogP contribution >= 0.6 is 15.9 Å². The fourth-order valence-corrected chi connectivity index (χ4v) is 3.36. The molecule has 0 radical (unpaired) electrons. The highest BCUT2D eigenvalue weighted by molar-refractivity contribution is 9.10. The van der Waals surface area contributed by atoms with Gasteiger partial charge in [0.1, 0.15) is 11.8 Å². The molecular formula is C20H17BrF3NO4. The summed E-state index contributed by atoms with van der Waals surface area (Å²) in [5, 5.41) is 12.1. The zero-order valence-corrected chi connectivity index (χ0v) is 16.6. The van der Waals surface area contributed by atoms with Gasteiger partial charge in [-0.3, -0.25) is 4.79 Å². The highest BCUT2D eigenvalue weighted by Gasteiger charge is 2.52. The van der Waals surface area contributed by atoms with E-state index in [0.717, 1.165) is 22.2 Å². The van der Waals surface area contributed by atoms with Crippen LogP contribution in [0.4, 0.5) is 13.2 Å². The Morgan fingerprint density at radius 1 is 1.10 bits per heavy atom. The van der Waals surface area contributed by atoms with Gasteiger partial charge in [-0.2, -0.15) is 0 Å². The number of halogens is 4. The minimum absolute atomic E-state index is 0.114. The first-order chi connectivity index (χ1) is 13.6. The van der Waals surface area contributed by atoms with Gasteiger partial charge in [0.25, 0.3) is 0 Å². The van der Waals surface area contributed by atoms with Crippen molar-refractivity contribution in [3.8, 4) is 5.75 Å². The molecule has 29 heavy (non-hydrogen) atoms. The van der Waals surface area contributed by atoms with Crippen molar-refractivity contribution in [2.45, 2.75) is 37.1 Å². The molecule has 1 atom stereocenters. The number of carbonyl (C=O) groups excluding carboxylic acids is 1. The van der Waals surface area contributed by atoms with Gasteiger partial charge < -0.3 is 15.2 Å². The van der Waals surface area contributed by atoms with Gasteiger partial charge in [-0.15, -0.1) is 13.2 Å². The van der Waals surface area contributed by atoms with Crippen LogP contribution in [0.1, 0.15) is 24.0 Å². The zero-order chi connectivity index (χ0) is 21.2. The summed E-state index contributed by atoms with van der Waals surface area (Å²) in [5.41, 5.74) is 0.348. The second-order valence-corrected chi connectivity index (χ2v) is 7.76. The largest absolute Gasteiger partial charge is 0.573 e. The number of benzene rings is 2. The lowest BCUT2D eigenvalue weighted by Gasteiger charge is -2.20. The molecule has 0 aromatic heterocycles. The Morgan fingerprint density at radius 3 is 2.17 bits per heavy atom. The Morgan fingerprint density at radius 2 is 1.69 bits per heavy atom. The smallest absolute Gasteiger partial charge is 0.480 e. The van der Waals surface area contributed by atoms with E-state index < -0.39 is 29.7 Å². The number of carbonyl (C=O) groups is 2. The van der Waals surface area contributed by atoms with Crippen LogP contribution in [0.15, 0.2) is 53.0 Å². The number of rotatable bonds is 7. The topological polar surface area (TPSA) is 75.6 Å². The summed E-state index contributed by atoms with van der Waals surface area (Å²) in [6.45, 7) is 0. The van der Waals surface area contributed by atoms with Crippen molar-refractivity contribution in [2.24, 2.45) is 0 Å². The molecule has 0 bridgehead atoms. The SMILES string of the molecule is O=C(O)[C@H](Cc1ccc(Br)cc1)NC(=O)C1(c2ccc(OC(F)(F)F)cc2)CC1. The molecule has 1 saturated carbocycles. The molecule has 1 amide bonds. The highest BCUT2D eigenvalue weighted by Crippen LogP contribution is 2.49. The number of hydrogen-bond acceptors (Lipinski definition) is 3. The molecule has 3 rings (SSSR count). The fraction of sp³-hybridized carbons (Fsp3) is 0.300. The molecule has 2 aromatic rings. The van der Waals surface area contributed by atoms with E-state index in [2.05, 4.69) is 26.0 Å². The fourth-order valence-electron chi connectivity index (χ4n) is 3.10. The summed E-state index contributed by atoms with van der Waals surface area (Å²) in [6.07, 6.45) is -3.70. The standard InChI is InChI=1S/C20H17BrF3NO4/c21-14-5-1-12(2-6-14)11-16(17(26)27)25-18(28)19(9-10-19)13-3-7-15(8-4-13)29-20(22,23)24/h1-8,16H,9-11H2,(H,25,28)(H,26,27)/t16-/m0/s1. The number of hydrogen-bond donors (Lipinski definition) is 2. The van der Waals surface area contributed by atoms with Crippen LogP contribution in [-0.2, 0) is 21.4 Å². The van der Waals surface area contributed by atoms with Crippen molar-refractivity contribution in [3.05, 3.63) is 64.1 Å². The molecule has 0 spiro atoms. The average molecular weight is 472 g/mol. The summed E-state index contributed by atoms with van der Waals surface area (Å²) >= 11 is 3.30. The number of ether oxygens (including phenoxy) is 1. The van der Waals surface area contributed by atoms with Crippen LogP contribution in [0.5, 0.6) is 5.75 Å². The summed E-state index contributed by atoms with van der Waals surface area (Å²) in [5.74, 6) is -1.99. The third-order valence-electron chi connectivity index (χ3n) is 4.78. The van der Waals surface area contributed by atoms with E-state index in [1.165, 1.54) is 12.1 Å². The summed E-state index contributed by atoms with van der Waals surface area (Å²) in [7, 11) is 0. The summed E-state index contributed by atoms with van der Waals surface area (Å²) in [4.78, 5) is 24.4. The molecule has 1 aliphatic rings. The van der Waals surface area contributed by atoms with Crippen LogP contribution < -0.4 is 10.1 Å². The number of amides is 1. The molecule has 2 aromatic carbocycles. The summed E-state index contributed by atoms with van der Waals surface area (Å²) < 4.78 is 41.6. The van der Waals surface area contributed by atoms with Crippen molar-refractivity contribution in [3.63, 3.8) is 0 Å². The first-order valence-corrected chi connectivity index (χ1v) is 9.53. The number of aliphatic carboxylic acids is 1. The maximum atomic E-state index is 12.8. The third-order valence-corrected chi connectivity index (χ3v) is 5.31. The Bertz CT molecular complexity index is 893. The number of carboxylic acids is 1. The Kier molecular flexibility index (Phi) is 5.88. The minimum atomic E-state index is -4.79. The van der Waals surface area contributed by atoms with Crippen molar-refractivity contribution < 1.29 is 32.6 Å². The molecule has 1 fully saturated rings. The van der Waals surface area contributed by atoms with E-state index in [9.17, 15) is 27.9 Å². The van der Waals surface area contributed by atoms with Crippen molar-refractivity contribution in [1.29, 1.82) is 0 Å². The lowest BCUT2D eigenvalue weighted by atomic mass is 9.94. The lowest BCUT2D eigenvalue weighted by molar-refractivity contribution is -0.274. The van der Waals surface area contributed by atoms with Gasteiger partial charge in [0.15, 0.2) is 0 Å². The quantitative estimate of drug-likeness (QED) is 0.634. The molecule has 9 heteroatoms. The van der Waals surface area contributed by atoms with Gasteiger partial charge in [-0.1, -0.05) is 40.2 Å². The molecule has 0 aliphatic heterocycles. The second kappa shape index (κ2) is 8.06. The molecule has 0 heterocycles. The van der Waals surface area contributed by atoms with Gasteiger partial charge >= 0.3 is 12.3 Å². The van der Waals surface area contributed by atoms with Crippen LogP contribution in [0, 0.1) is 0 Å². The molecule has 154 valence electrons. The van der Waals surface area contributed by atoms with E-state index in [-0.39, 0.29) is 12.2 Å². The monoisotopic (exact) mass is 471 g/mol. The van der Waals surface area contributed by atoms with Crippen LogP contribution in [0.2, 0.25) is 0 Å². The van der Waals surface area contributed by atoms with Crippen molar-refractivity contribution >= 4 is 27.8 Å². The second-order valence-electron chi connectivity index (χ2n) is 6.85. The molecule has 2 N–H and O–H groups in total. The van der Waals surface area contributed by atoms with Crippen LogP contribution in [-0.4, -0.2) is 29.4 Å². The first kappa shape index (κ1) is 21.2. The minimum Gasteiger partial charge on any atom is -0.480 e. The average Bonchev–Trinajstić information content (AvgIpc) is 3.44. The van der Waals surface area contributed by atoms with Crippen molar-refractivity contribution in [1.82, 2.24) is 5.32 Å². The molecule has 0 unspecified atom stereocenters. The highest BCUT2D eigenvalue weighted by atomic mass is 79.9. The van der Waals surface area contributed by atoms with Gasteiger partial charge in [0, 0.05) is 10.9 Å². The van der Waals surface area contributed by atoms with Gasteiger partial charge in [-0.25, -0.2) is 4.79 Å². The number of nitrogens with one attached hydrogen (secondary N) is 1. The predicted molar refractivity (Wildman–Crippen MR) is 101 cm³/mol. The maximum Gasteiger partial charge on any atom is 0.573 e. The van der Waals surface area contributed by atoms with Gasteiger partial charge in [0.05, 0.1) is 5.41 Å². The van der Waals surface area contributed by atoms with E-state index in [4.69, 9.17) is 0 Å². The molecular weight excluding hydrogens is 455 g/mol. The number of carboxylic acid groups (broad SMARTS) is 1. The molecule has 1 aliphatic carbocycles. The summed E-state index contributed by atoms with van der Waals surface area (Å²) in [6, 6.07) is 11.1. The maximum absolute atomic E-state index is 12.8. The first-order valence-electron chi connectivity index (χ1n) is 8.74. The zero-order valence-electron chi connectivity index (χ0n) is 15.0. The van der Waals surface area contributed by atoms with E-state index in [0.29, 0.717) is 18.4 Å². The Labute approximate surface area is 173 Å². The van der Waals surface area contributed by atoms with Crippen molar-refractivity contribution in [2.75, 3.05) is 0 Å². The van der Waals surface area contributed by atoms with Crippen LogP contribution in [0.3, 0.4) is 0 Å². The predicted octanol–water partition coefficient (Wildman–Crippen LogP) is 4.19. The number of alkyl halides is 3. The van der Waals surface area contributed by atoms with E-state index in [1.807, 2.05) is 0 Å². The third kappa shape index (κ3) is 5.29. The molecule has 0 saturated heterocycles. The van der Waals surface area contributed by atoms with Gasteiger partial charge in [-0.05, 0) is 48.2 Å².